The van der Waals surface area contributed by atoms with E-state index in [1.54, 1.807) is 13.0 Å². The first-order chi connectivity index (χ1) is 10.5. The monoisotopic (exact) mass is 324 g/mol. The summed E-state index contributed by atoms with van der Waals surface area (Å²) in [7, 11) is 0. The number of rotatable bonds is 5. The molecule has 2 rings (SSSR count). The van der Waals surface area contributed by atoms with E-state index in [0.29, 0.717) is 5.76 Å². The van der Waals surface area contributed by atoms with Crippen molar-refractivity contribution in [2.75, 3.05) is 0 Å². The molecule has 0 fully saturated rings. The number of halogens is 2. The van der Waals surface area contributed by atoms with Gasteiger partial charge in [-0.1, -0.05) is 36.2 Å². The lowest BCUT2D eigenvalue weighted by Gasteiger charge is -2.13. The highest BCUT2D eigenvalue weighted by molar-refractivity contribution is 6.33. The quantitative estimate of drug-likeness (QED) is 0.889. The third-order valence-corrected chi connectivity index (χ3v) is 3.70. The zero-order valence-corrected chi connectivity index (χ0v) is 13.5. The molecule has 0 aliphatic carbocycles. The molecule has 0 saturated carbocycles. The first-order valence-electron chi connectivity index (χ1n) is 7.17. The molecular weight excluding hydrogens is 307 g/mol. The van der Waals surface area contributed by atoms with Crippen molar-refractivity contribution in [3.05, 3.63) is 40.4 Å². The summed E-state index contributed by atoms with van der Waals surface area (Å²) in [6.07, 6.45) is 1.81. The second-order valence-corrected chi connectivity index (χ2v) is 5.63. The van der Waals surface area contributed by atoms with E-state index in [-0.39, 0.29) is 33.8 Å². The molecule has 118 valence electrons. The molecule has 4 nitrogen and oxygen atoms in total. The van der Waals surface area contributed by atoms with Crippen molar-refractivity contribution in [2.45, 2.75) is 39.7 Å². The lowest BCUT2D eigenvalue weighted by Crippen LogP contribution is -2.32. The summed E-state index contributed by atoms with van der Waals surface area (Å²) in [5.41, 5.74) is 0.422. The third kappa shape index (κ3) is 3.30. The number of carbonyl (C=O) groups is 1. The van der Waals surface area contributed by atoms with Crippen LogP contribution in [0.15, 0.2) is 22.7 Å². The molecule has 0 spiro atoms. The lowest BCUT2D eigenvalue weighted by atomic mass is 10.0. The first-order valence-corrected chi connectivity index (χ1v) is 7.55. The summed E-state index contributed by atoms with van der Waals surface area (Å²) in [6, 6.07) is 4.32. The van der Waals surface area contributed by atoms with E-state index in [0.717, 1.165) is 12.8 Å². The van der Waals surface area contributed by atoms with E-state index in [2.05, 4.69) is 10.5 Å². The molecule has 2 aromatic rings. The molecular formula is C16H18ClFN2O2. The van der Waals surface area contributed by atoms with Crippen molar-refractivity contribution in [3.63, 3.8) is 0 Å². The fraction of sp³-hybridized carbons (Fsp3) is 0.375. The van der Waals surface area contributed by atoms with E-state index in [1.807, 2.05) is 13.8 Å². The van der Waals surface area contributed by atoms with Crippen LogP contribution in [0.4, 0.5) is 4.39 Å². The van der Waals surface area contributed by atoms with Gasteiger partial charge in [-0.2, -0.15) is 0 Å². The van der Waals surface area contributed by atoms with Crippen molar-refractivity contribution < 1.29 is 13.7 Å². The lowest BCUT2D eigenvalue weighted by molar-refractivity contribution is 0.0937. The van der Waals surface area contributed by atoms with Gasteiger partial charge in [-0.3, -0.25) is 4.79 Å². The van der Waals surface area contributed by atoms with Gasteiger partial charge in [0.2, 0.25) is 0 Å². The van der Waals surface area contributed by atoms with Gasteiger partial charge in [0, 0.05) is 6.04 Å². The Morgan fingerprint density at radius 3 is 2.86 bits per heavy atom. The maximum atomic E-state index is 14.1. The minimum absolute atomic E-state index is 0.00995. The highest BCUT2D eigenvalue weighted by Crippen LogP contribution is 2.33. The van der Waals surface area contributed by atoms with Gasteiger partial charge < -0.3 is 9.84 Å². The normalized spacial score (nSPS) is 12.2. The minimum Gasteiger partial charge on any atom is -0.360 e. The summed E-state index contributed by atoms with van der Waals surface area (Å²) in [6.45, 7) is 5.57. The number of hydrogen-bond donors (Lipinski definition) is 1. The van der Waals surface area contributed by atoms with E-state index >= 15 is 0 Å². The molecule has 0 radical (unpaired) electrons. The number of amides is 1. The van der Waals surface area contributed by atoms with Crippen molar-refractivity contribution in [3.8, 4) is 11.3 Å². The average molecular weight is 325 g/mol. The maximum absolute atomic E-state index is 14.1. The molecule has 1 atom stereocenters. The summed E-state index contributed by atoms with van der Waals surface area (Å²) in [5, 5.41) is 6.87. The molecule has 0 aliphatic rings. The standard InChI is InChI=1S/C16H18ClFN2O2/c1-4-6-9(2)19-16(21)13-10(3)22-20-15(13)14-11(17)7-5-8-12(14)18/h5,7-9H,4,6H2,1-3H3,(H,19,21)/t9-/m0/s1. The third-order valence-electron chi connectivity index (χ3n) is 3.39. The fourth-order valence-electron chi connectivity index (χ4n) is 2.34. The van der Waals surface area contributed by atoms with Crippen LogP contribution in [0.5, 0.6) is 0 Å². The van der Waals surface area contributed by atoms with E-state index in [4.69, 9.17) is 16.1 Å². The molecule has 0 aliphatic heterocycles. The smallest absolute Gasteiger partial charge is 0.257 e. The van der Waals surface area contributed by atoms with Gasteiger partial charge in [0.1, 0.15) is 22.8 Å². The molecule has 1 N–H and O–H groups in total. The molecule has 0 bridgehead atoms. The number of aryl methyl sites for hydroxylation is 1. The van der Waals surface area contributed by atoms with Crippen LogP contribution in [0.2, 0.25) is 5.02 Å². The second-order valence-electron chi connectivity index (χ2n) is 5.22. The number of nitrogens with one attached hydrogen (secondary N) is 1. The molecule has 6 heteroatoms. The van der Waals surface area contributed by atoms with Crippen molar-refractivity contribution in [1.29, 1.82) is 0 Å². The Kier molecular flexibility index (Phi) is 5.19. The Balaban J connectivity index is 2.42. The van der Waals surface area contributed by atoms with Crippen molar-refractivity contribution in [1.82, 2.24) is 10.5 Å². The van der Waals surface area contributed by atoms with Gasteiger partial charge >= 0.3 is 0 Å². The Bertz CT molecular complexity index is 665. The highest BCUT2D eigenvalue weighted by Gasteiger charge is 2.25. The Morgan fingerprint density at radius 2 is 2.23 bits per heavy atom. The summed E-state index contributed by atoms with van der Waals surface area (Å²) in [4.78, 5) is 12.5. The Labute approximate surface area is 133 Å². The predicted octanol–water partition coefficient (Wildman–Crippen LogP) is 4.36. The number of aromatic nitrogens is 1. The zero-order chi connectivity index (χ0) is 16.3. The van der Waals surface area contributed by atoms with Gasteiger partial charge in [0.15, 0.2) is 0 Å². The molecule has 0 saturated heterocycles. The van der Waals surface area contributed by atoms with Crippen LogP contribution in [0.3, 0.4) is 0 Å². The number of hydrogen-bond acceptors (Lipinski definition) is 3. The van der Waals surface area contributed by atoms with Crippen LogP contribution in [-0.2, 0) is 0 Å². The molecule has 1 aromatic heterocycles. The molecule has 1 heterocycles. The van der Waals surface area contributed by atoms with Crippen LogP contribution >= 0.6 is 11.6 Å². The number of benzene rings is 1. The average Bonchev–Trinajstić information content (AvgIpc) is 2.80. The van der Waals surface area contributed by atoms with Crippen LogP contribution in [0, 0.1) is 12.7 Å². The van der Waals surface area contributed by atoms with Gasteiger partial charge in [0.05, 0.1) is 10.6 Å². The van der Waals surface area contributed by atoms with E-state index in [1.165, 1.54) is 12.1 Å². The molecule has 1 amide bonds. The van der Waals surface area contributed by atoms with Gasteiger partial charge in [-0.15, -0.1) is 0 Å². The van der Waals surface area contributed by atoms with Crippen molar-refractivity contribution >= 4 is 17.5 Å². The fourth-order valence-corrected chi connectivity index (χ4v) is 2.59. The van der Waals surface area contributed by atoms with E-state index < -0.39 is 5.82 Å². The van der Waals surface area contributed by atoms with Crippen molar-refractivity contribution in [2.24, 2.45) is 0 Å². The Morgan fingerprint density at radius 1 is 1.50 bits per heavy atom. The van der Waals surface area contributed by atoms with Gasteiger partial charge in [0.25, 0.3) is 5.91 Å². The van der Waals surface area contributed by atoms with Crippen LogP contribution < -0.4 is 5.32 Å². The van der Waals surface area contributed by atoms with E-state index in [9.17, 15) is 9.18 Å². The number of nitrogens with zero attached hydrogens (tertiary/aromatic N) is 1. The summed E-state index contributed by atoms with van der Waals surface area (Å²) in [5.74, 6) is -0.555. The SMILES string of the molecule is CCC[C@H](C)NC(=O)c1c(-c2c(F)cccc2Cl)noc1C. The topological polar surface area (TPSA) is 55.1 Å². The summed E-state index contributed by atoms with van der Waals surface area (Å²) < 4.78 is 19.2. The second kappa shape index (κ2) is 6.92. The molecule has 22 heavy (non-hydrogen) atoms. The van der Waals surface area contributed by atoms with Crippen LogP contribution in [0.25, 0.3) is 11.3 Å². The Hall–Kier alpha value is -1.88. The molecule has 0 unspecified atom stereocenters. The summed E-state index contributed by atoms with van der Waals surface area (Å²) >= 11 is 6.05. The van der Waals surface area contributed by atoms with Gasteiger partial charge in [-0.25, -0.2) is 4.39 Å². The van der Waals surface area contributed by atoms with Crippen LogP contribution in [0.1, 0.15) is 42.8 Å². The highest BCUT2D eigenvalue weighted by atomic mass is 35.5. The molecule has 1 aromatic carbocycles. The predicted molar refractivity (Wildman–Crippen MR) is 83.5 cm³/mol. The zero-order valence-electron chi connectivity index (χ0n) is 12.7. The largest absolute Gasteiger partial charge is 0.360 e. The number of carbonyl (C=O) groups excluding carboxylic acids is 1. The van der Waals surface area contributed by atoms with Crippen LogP contribution in [-0.4, -0.2) is 17.1 Å². The minimum atomic E-state index is -0.545. The van der Waals surface area contributed by atoms with Gasteiger partial charge in [-0.05, 0) is 32.4 Å². The maximum Gasteiger partial charge on any atom is 0.257 e. The first kappa shape index (κ1) is 16.5.